The predicted octanol–water partition coefficient (Wildman–Crippen LogP) is 4.83. The summed E-state index contributed by atoms with van der Waals surface area (Å²) < 4.78 is 11.3. The minimum Gasteiger partial charge on any atom is -0.420 e. The van der Waals surface area contributed by atoms with E-state index in [1.54, 1.807) is 0 Å². The van der Waals surface area contributed by atoms with Crippen molar-refractivity contribution in [3.63, 3.8) is 0 Å². The van der Waals surface area contributed by atoms with Crippen LogP contribution >= 0.6 is 11.8 Å². The van der Waals surface area contributed by atoms with Gasteiger partial charge in [-0.15, -0.1) is 20.4 Å². The summed E-state index contributed by atoms with van der Waals surface area (Å²) in [5, 5.41) is 16.7. The Kier molecular flexibility index (Phi) is 4.94. The normalized spacial score (nSPS) is 12.1. The average molecular weight is 358 g/mol. The van der Waals surface area contributed by atoms with Crippen LogP contribution in [-0.4, -0.2) is 20.4 Å². The number of hydrogen-bond donors (Lipinski definition) is 0. The first-order chi connectivity index (χ1) is 11.8. The number of thioether (sulfide) groups is 1. The van der Waals surface area contributed by atoms with Crippen molar-refractivity contribution in [3.8, 4) is 11.5 Å². The van der Waals surface area contributed by atoms with Crippen LogP contribution in [0.3, 0.4) is 0 Å². The second-order valence-corrected chi connectivity index (χ2v) is 8.10. The Morgan fingerprint density at radius 2 is 1.68 bits per heavy atom. The lowest BCUT2D eigenvalue weighted by Gasteiger charge is -2.18. The molecule has 3 aromatic rings. The van der Waals surface area contributed by atoms with Crippen LogP contribution < -0.4 is 0 Å². The molecule has 6 nitrogen and oxygen atoms in total. The van der Waals surface area contributed by atoms with E-state index >= 15 is 0 Å². The van der Waals surface area contributed by atoms with Crippen molar-refractivity contribution in [2.24, 2.45) is 0 Å². The van der Waals surface area contributed by atoms with Crippen LogP contribution in [0, 0.1) is 0 Å². The first-order valence-corrected chi connectivity index (χ1v) is 9.21. The van der Waals surface area contributed by atoms with Gasteiger partial charge in [-0.1, -0.05) is 58.5 Å². The van der Waals surface area contributed by atoms with Gasteiger partial charge in [0.25, 0.3) is 5.22 Å². The SMILES string of the molecule is CC(C)c1nnc(SCc2nnc(-c3ccc(C(C)(C)C)cc3)o2)o1. The minimum atomic E-state index is 0.119. The van der Waals surface area contributed by atoms with Gasteiger partial charge in [-0.2, -0.15) is 0 Å². The summed E-state index contributed by atoms with van der Waals surface area (Å²) in [6.07, 6.45) is 0. The molecule has 0 saturated heterocycles. The first-order valence-electron chi connectivity index (χ1n) is 8.22. The molecule has 1 aromatic carbocycles. The van der Waals surface area contributed by atoms with Crippen molar-refractivity contribution < 1.29 is 8.83 Å². The highest BCUT2D eigenvalue weighted by atomic mass is 32.2. The number of nitrogens with zero attached hydrogens (tertiary/aromatic N) is 4. The van der Waals surface area contributed by atoms with Crippen LogP contribution in [0.5, 0.6) is 0 Å². The van der Waals surface area contributed by atoms with Crippen LogP contribution in [0.15, 0.2) is 38.3 Å². The van der Waals surface area contributed by atoms with Crippen LogP contribution in [0.2, 0.25) is 0 Å². The molecule has 0 aliphatic rings. The lowest BCUT2D eigenvalue weighted by Crippen LogP contribution is -2.10. The number of benzene rings is 1. The quantitative estimate of drug-likeness (QED) is 0.604. The third-order valence-electron chi connectivity index (χ3n) is 3.70. The number of rotatable bonds is 5. The molecule has 0 aliphatic heterocycles. The Balaban J connectivity index is 1.65. The summed E-state index contributed by atoms with van der Waals surface area (Å²) in [7, 11) is 0. The number of hydrogen-bond acceptors (Lipinski definition) is 7. The van der Waals surface area contributed by atoms with Gasteiger partial charge in [0.1, 0.15) is 0 Å². The maximum absolute atomic E-state index is 5.74. The maximum Gasteiger partial charge on any atom is 0.277 e. The summed E-state index contributed by atoms with van der Waals surface area (Å²) in [6.45, 7) is 10.6. The lowest BCUT2D eigenvalue weighted by atomic mass is 9.87. The Hall–Kier alpha value is -2.15. The van der Waals surface area contributed by atoms with Crippen LogP contribution in [0.4, 0.5) is 0 Å². The van der Waals surface area contributed by atoms with Crippen molar-refractivity contribution in [1.29, 1.82) is 0 Å². The summed E-state index contributed by atoms with van der Waals surface area (Å²) in [5.41, 5.74) is 2.30. The Labute approximate surface area is 151 Å². The van der Waals surface area contributed by atoms with E-state index in [1.165, 1.54) is 17.3 Å². The zero-order chi connectivity index (χ0) is 18.0. The smallest absolute Gasteiger partial charge is 0.277 e. The van der Waals surface area contributed by atoms with E-state index in [1.807, 2.05) is 26.0 Å². The monoisotopic (exact) mass is 358 g/mol. The molecule has 0 bridgehead atoms. The number of aromatic nitrogens is 4. The molecule has 2 aromatic heterocycles. The molecule has 2 heterocycles. The van der Waals surface area contributed by atoms with E-state index in [0.29, 0.717) is 28.6 Å². The molecule has 0 unspecified atom stereocenters. The fourth-order valence-electron chi connectivity index (χ4n) is 2.18. The summed E-state index contributed by atoms with van der Waals surface area (Å²) in [6, 6.07) is 8.22. The molecule has 3 rings (SSSR count). The molecule has 25 heavy (non-hydrogen) atoms. The van der Waals surface area contributed by atoms with E-state index in [4.69, 9.17) is 8.83 Å². The second-order valence-electron chi connectivity index (χ2n) is 7.18. The van der Waals surface area contributed by atoms with E-state index < -0.39 is 0 Å². The molecule has 0 radical (unpaired) electrons. The summed E-state index contributed by atoms with van der Waals surface area (Å²) in [5.74, 6) is 2.39. The van der Waals surface area contributed by atoms with Gasteiger partial charge in [-0.25, -0.2) is 0 Å². The zero-order valence-electron chi connectivity index (χ0n) is 15.1. The van der Waals surface area contributed by atoms with Gasteiger partial charge in [0.15, 0.2) is 0 Å². The third-order valence-corrected chi connectivity index (χ3v) is 4.50. The zero-order valence-corrected chi connectivity index (χ0v) is 15.9. The van der Waals surface area contributed by atoms with E-state index in [0.717, 1.165) is 5.56 Å². The minimum absolute atomic E-state index is 0.119. The molecular weight excluding hydrogens is 336 g/mol. The third kappa shape index (κ3) is 4.28. The highest BCUT2D eigenvalue weighted by molar-refractivity contribution is 7.98. The summed E-state index contributed by atoms with van der Waals surface area (Å²) in [4.78, 5) is 0. The fourth-order valence-corrected chi connectivity index (χ4v) is 2.78. The molecule has 0 spiro atoms. The molecule has 0 atom stereocenters. The van der Waals surface area contributed by atoms with Crippen LogP contribution in [0.1, 0.15) is 57.9 Å². The average Bonchev–Trinajstić information content (AvgIpc) is 3.22. The Morgan fingerprint density at radius 3 is 2.28 bits per heavy atom. The summed E-state index contributed by atoms with van der Waals surface area (Å²) >= 11 is 1.39. The van der Waals surface area contributed by atoms with Crippen molar-refractivity contribution in [3.05, 3.63) is 41.6 Å². The van der Waals surface area contributed by atoms with Gasteiger partial charge in [0.2, 0.25) is 17.7 Å². The molecule has 132 valence electrons. The predicted molar refractivity (Wildman–Crippen MR) is 96.4 cm³/mol. The molecule has 0 amide bonds. The van der Waals surface area contributed by atoms with Crippen molar-refractivity contribution in [2.45, 2.75) is 56.9 Å². The maximum atomic E-state index is 5.74. The highest BCUT2D eigenvalue weighted by Crippen LogP contribution is 2.27. The van der Waals surface area contributed by atoms with Gasteiger partial charge >= 0.3 is 0 Å². The molecule has 0 saturated carbocycles. The Bertz CT molecular complexity index is 831. The van der Waals surface area contributed by atoms with Crippen molar-refractivity contribution in [2.75, 3.05) is 0 Å². The van der Waals surface area contributed by atoms with Gasteiger partial charge < -0.3 is 8.83 Å². The van der Waals surface area contributed by atoms with Crippen LogP contribution in [0.25, 0.3) is 11.5 Å². The lowest BCUT2D eigenvalue weighted by molar-refractivity contribution is 0.398. The van der Waals surface area contributed by atoms with E-state index in [9.17, 15) is 0 Å². The van der Waals surface area contributed by atoms with E-state index in [2.05, 4.69) is 53.3 Å². The standard InChI is InChI=1S/C18H22N4O2S/c1-11(2)15-20-22-17(24-15)25-10-14-19-21-16(23-14)12-6-8-13(9-7-12)18(3,4)5/h6-9,11H,10H2,1-5H3. The van der Waals surface area contributed by atoms with Crippen LogP contribution in [-0.2, 0) is 11.2 Å². The Morgan fingerprint density at radius 1 is 0.960 bits per heavy atom. The largest absolute Gasteiger partial charge is 0.420 e. The van der Waals surface area contributed by atoms with Gasteiger partial charge in [-0.3, -0.25) is 0 Å². The molecule has 7 heteroatoms. The molecule has 0 aliphatic carbocycles. The highest BCUT2D eigenvalue weighted by Gasteiger charge is 2.16. The van der Waals surface area contributed by atoms with E-state index in [-0.39, 0.29) is 11.3 Å². The molecule has 0 N–H and O–H groups in total. The van der Waals surface area contributed by atoms with Gasteiger partial charge in [-0.05, 0) is 23.1 Å². The topological polar surface area (TPSA) is 77.8 Å². The van der Waals surface area contributed by atoms with Gasteiger partial charge in [0, 0.05) is 11.5 Å². The van der Waals surface area contributed by atoms with Crippen molar-refractivity contribution in [1.82, 2.24) is 20.4 Å². The van der Waals surface area contributed by atoms with Gasteiger partial charge in [0.05, 0.1) is 5.75 Å². The first kappa shape index (κ1) is 17.7. The van der Waals surface area contributed by atoms with Crippen molar-refractivity contribution >= 4 is 11.8 Å². The molecule has 0 fully saturated rings. The molecular formula is C18H22N4O2S. The fraction of sp³-hybridized carbons (Fsp3) is 0.444. The second kappa shape index (κ2) is 7.00.